The average Bonchev–Trinajstić information content (AvgIpc) is 2.79. The highest BCUT2D eigenvalue weighted by atomic mass is 16.2. The van der Waals surface area contributed by atoms with E-state index >= 15 is 0 Å². The molecule has 158 valence electrons. The van der Waals surface area contributed by atoms with Crippen LogP contribution in [-0.4, -0.2) is 29.2 Å². The fourth-order valence-corrected chi connectivity index (χ4v) is 4.15. The van der Waals surface area contributed by atoms with Gasteiger partial charge in [-0.2, -0.15) is 0 Å². The van der Waals surface area contributed by atoms with Crippen LogP contribution in [-0.2, 0) is 4.79 Å². The van der Waals surface area contributed by atoms with Crippen LogP contribution in [0.5, 0.6) is 0 Å². The van der Waals surface area contributed by atoms with Crippen molar-refractivity contribution < 1.29 is 14.4 Å². The van der Waals surface area contributed by atoms with Gasteiger partial charge >= 0.3 is 0 Å². The number of imide groups is 1. The molecule has 3 aromatic carbocycles. The summed E-state index contributed by atoms with van der Waals surface area (Å²) in [5.41, 5.74) is 3.02. The molecule has 1 aliphatic heterocycles. The Bertz CT molecular complexity index is 1120. The van der Waals surface area contributed by atoms with E-state index in [4.69, 9.17) is 0 Å². The lowest BCUT2D eigenvalue weighted by atomic mass is 9.94. The van der Waals surface area contributed by atoms with Crippen LogP contribution in [0.25, 0.3) is 10.8 Å². The third-order valence-corrected chi connectivity index (χ3v) is 6.02. The first-order valence-electron chi connectivity index (χ1n) is 10.8. The minimum absolute atomic E-state index is 0.116. The van der Waals surface area contributed by atoms with Crippen molar-refractivity contribution >= 4 is 34.2 Å². The summed E-state index contributed by atoms with van der Waals surface area (Å²) in [5.74, 6) is -0.355. The van der Waals surface area contributed by atoms with E-state index in [0.717, 1.165) is 28.4 Å². The maximum atomic E-state index is 12.9. The first-order valence-corrected chi connectivity index (χ1v) is 10.8. The zero-order chi connectivity index (χ0) is 22.0. The molecule has 1 aliphatic rings. The van der Waals surface area contributed by atoms with E-state index in [9.17, 15) is 14.4 Å². The minimum Gasteiger partial charge on any atom is -0.326 e. The van der Waals surface area contributed by atoms with E-state index in [-0.39, 0.29) is 30.7 Å². The number of carbonyl (C=O) groups is 3. The monoisotopic (exact) mass is 414 g/mol. The highest BCUT2D eigenvalue weighted by Crippen LogP contribution is 2.30. The van der Waals surface area contributed by atoms with Crippen molar-refractivity contribution in [1.82, 2.24) is 4.90 Å². The van der Waals surface area contributed by atoms with Crippen LogP contribution in [0.2, 0.25) is 0 Å². The lowest BCUT2D eigenvalue weighted by molar-refractivity contribution is -0.116. The van der Waals surface area contributed by atoms with Gasteiger partial charge in [0.1, 0.15) is 0 Å². The minimum atomic E-state index is -0.295. The molecule has 3 aromatic rings. The fraction of sp³-hybridized carbons (Fsp3) is 0.269. The summed E-state index contributed by atoms with van der Waals surface area (Å²) in [6.45, 7) is 4.47. The molecule has 5 nitrogen and oxygen atoms in total. The van der Waals surface area contributed by atoms with Crippen molar-refractivity contribution in [1.29, 1.82) is 0 Å². The molecule has 1 heterocycles. The quantitative estimate of drug-likeness (QED) is 0.529. The summed E-state index contributed by atoms with van der Waals surface area (Å²) in [6, 6.07) is 18.8. The van der Waals surface area contributed by atoms with Crippen LogP contribution < -0.4 is 5.32 Å². The summed E-state index contributed by atoms with van der Waals surface area (Å²) < 4.78 is 0. The number of carbonyl (C=O) groups excluding carboxylic acids is 3. The van der Waals surface area contributed by atoms with Gasteiger partial charge in [-0.1, -0.05) is 56.3 Å². The molecule has 0 saturated carbocycles. The molecular formula is C26H26N2O3. The molecular weight excluding hydrogens is 388 g/mol. The summed E-state index contributed by atoms with van der Waals surface area (Å²) in [6.07, 6.45) is 1.63. The topological polar surface area (TPSA) is 66.5 Å². The molecule has 5 heteroatoms. The van der Waals surface area contributed by atoms with Crippen molar-refractivity contribution in [2.24, 2.45) is 0 Å². The predicted octanol–water partition coefficient (Wildman–Crippen LogP) is 5.37. The van der Waals surface area contributed by atoms with Gasteiger partial charge < -0.3 is 5.32 Å². The summed E-state index contributed by atoms with van der Waals surface area (Å²) >= 11 is 0. The lowest BCUT2D eigenvalue weighted by Crippen LogP contribution is -2.41. The number of nitrogens with zero attached hydrogens (tertiary/aromatic N) is 1. The van der Waals surface area contributed by atoms with Crippen molar-refractivity contribution in [3.63, 3.8) is 0 Å². The van der Waals surface area contributed by atoms with E-state index < -0.39 is 0 Å². The van der Waals surface area contributed by atoms with Gasteiger partial charge in [0.25, 0.3) is 11.8 Å². The van der Waals surface area contributed by atoms with Crippen molar-refractivity contribution in [2.45, 2.75) is 39.0 Å². The van der Waals surface area contributed by atoms with Gasteiger partial charge in [-0.15, -0.1) is 0 Å². The molecule has 31 heavy (non-hydrogen) atoms. The number of nitrogens with one attached hydrogen (secondary N) is 1. The van der Waals surface area contributed by atoms with Gasteiger partial charge in [0.15, 0.2) is 0 Å². The van der Waals surface area contributed by atoms with E-state index in [1.807, 2.05) is 48.5 Å². The maximum Gasteiger partial charge on any atom is 0.261 e. The molecule has 1 N–H and O–H groups in total. The Morgan fingerprint density at radius 1 is 0.935 bits per heavy atom. The van der Waals surface area contributed by atoms with Gasteiger partial charge in [-0.25, -0.2) is 0 Å². The maximum absolute atomic E-state index is 12.9. The molecule has 0 saturated heterocycles. The summed E-state index contributed by atoms with van der Waals surface area (Å²) in [5, 5.41) is 4.59. The van der Waals surface area contributed by atoms with Crippen LogP contribution in [0.3, 0.4) is 0 Å². The smallest absolute Gasteiger partial charge is 0.261 e. The molecule has 0 aliphatic carbocycles. The molecule has 0 bridgehead atoms. The van der Waals surface area contributed by atoms with Crippen molar-refractivity contribution in [3.05, 3.63) is 77.4 Å². The lowest BCUT2D eigenvalue weighted by Gasteiger charge is -2.27. The van der Waals surface area contributed by atoms with Crippen molar-refractivity contribution in [2.75, 3.05) is 11.9 Å². The van der Waals surface area contributed by atoms with Crippen LogP contribution in [0, 0.1) is 0 Å². The highest BCUT2D eigenvalue weighted by molar-refractivity contribution is 6.25. The fourth-order valence-electron chi connectivity index (χ4n) is 4.15. The molecule has 0 radical (unpaired) electrons. The van der Waals surface area contributed by atoms with Crippen molar-refractivity contribution in [3.8, 4) is 0 Å². The van der Waals surface area contributed by atoms with Gasteiger partial charge in [0.2, 0.25) is 5.91 Å². The molecule has 0 spiro atoms. The molecule has 0 aromatic heterocycles. The number of para-hydroxylation sites is 1. The van der Waals surface area contributed by atoms with E-state index in [1.54, 1.807) is 12.1 Å². The normalized spacial score (nSPS) is 14.1. The first kappa shape index (κ1) is 20.8. The Balaban J connectivity index is 1.42. The van der Waals surface area contributed by atoms with Gasteiger partial charge in [0.05, 0.1) is 0 Å². The second-order valence-electron chi connectivity index (χ2n) is 8.02. The van der Waals surface area contributed by atoms with E-state index in [2.05, 4.69) is 19.2 Å². The highest BCUT2D eigenvalue weighted by Gasteiger charge is 2.32. The number of amides is 3. The van der Waals surface area contributed by atoms with Gasteiger partial charge in [-0.05, 0) is 47.9 Å². The number of hydrogen-bond donors (Lipinski definition) is 1. The van der Waals surface area contributed by atoms with Crippen LogP contribution in [0.15, 0.2) is 60.7 Å². The number of rotatable bonds is 7. The second kappa shape index (κ2) is 8.72. The Kier molecular flexibility index (Phi) is 5.85. The van der Waals surface area contributed by atoms with Crippen LogP contribution in [0.4, 0.5) is 5.69 Å². The van der Waals surface area contributed by atoms with Gasteiger partial charge in [-0.3, -0.25) is 19.3 Å². The Morgan fingerprint density at radius 2 is 1.58 bits per heavy atom. The SMILES string of the molecule is CC[C@@H](C)c1ccccc1NC(=O)CCCN1C(=O)c2cccc3cccc(c23)C1=O. The third-order valence-electron chi connectivity index (χ3n) is 6.02. The number of benzene rings is 3. The molecule has 4 rings (SSSR count). The van der Waals surface area contributed by atoms with Crippen LogP contribution >= 0.6 is 0 Å². The van der Waals surface area contributed by atoms with E-state index in [1.165, 1.54) is 4.90 Å². The standard InChI is InChI=1S/C26H26N2O3/c1-3-17(2)19-11-4-5-14-22(19)27-23(29)15-8-16-28-25(30)20-12-6-9-18-10-7-13-21(24(18)20)26(28)31/h4-7,9-14,17H,3,8,15-16H2,1-2H3,(H,27,29)/t17-/m1/s1. The zero-order valence-electron chi connectivity index (χ0n) is 17.9. The van der Waals surface area contributed by atoms with E-state index in [0.29, 0.717) is 23.5 Å². The second-order valence-corrected chi connectivity index (χ2v) is 8.02. The summed E-state index contributed by atoms with van der Waals surface area (Å²) in [4.78, 5) is 39.7. The largest absolute Gasteiger partial charge is 0.326 e. The predicted molar refractivity (Wildman–Crippen MR) is 122 cm³/mol. The Morgan fingerprint density at radius 3 is 2.23 bits per heavy atom. The number of anilines is 1. The molecule has 1 atom stereocenters. The molecule has 0 unspecified atom stereocenters. The Labute approximate surface area is 182 Å². The number of hydrogen-bond acceptors (Lipinski definition) is 3. The van der Waals surface area contributed by atoms with Gasteiger partial charge in [0, 0.05) is 35.2 Å². The molecule has 3 amide bonds. The molecule has 0 fully saturated rings. The summed E-state index contributed by atoms with van der Waals surface area (Å²) in [7, 11) is 0. The third kappa shape index (κ3) is 3.96. The average molecular weight is 415 g/mol. The zero-order valence-corrected chi connectivity index (χ0v) is 17.9. The first-order chi connectivity index (χ1) is 15.0. The Hall–Kier alpha value is -3.47. The van der Waals surface area contributed by atoms with Crippen LogP contribution in [0.1, 0.15) is 65.3 Å².